The number of hydroxylamine groups is 1. The Morgan fingerprint density at radius 1 is 1.16 bits per heavy atom. The lowest BCUT2D eigenvalue weighted by Crippen LogP contribution is -2.37. The largest absolute Gasteiger partial charge is 0.493 e. The third-order valence-electron chi connectivity index (χ3n) is 6.51. The van der Waals surface area contributed by atoms with E-state index in [0.29, 0.717) is 52.9 Å². The number of nitrogens with zero attached hydrogens (tertiary/aromatic N) is 5. The molecule has 0 radical (unpaired) electrons. The van der Waals surface area contributed by atoms with E-state index in [2.05, 4.69) is 9.97 Å². The molecule has 198 valence electrons. The molecule has 4 heterocycles. The first-order valence-corrected chi connectivity index (χ1v) is 13.5. The van der Waals surface area contributed by atoms with Gasteiger partial charge < -0.3 is 14.5 Å². The Kier molecular flexibility index (Phi) is 6.63. The molecular weight excluding hydrogens is 512 g/mol. The third-order valence-corrected chi connectivity index (χ3v) is 8.16. The smallest absolute Gasteiger partial charge is 0.264 e. The monoisotopic (exact) mass is 538 g/mol. The summed E-state index contributed by atoms with van der Waals surface area (Å²) in [5.41, 5.74) is 4.16. The molecule has 13 heteroatoms. The van der Waals surface area contributed by atoms with Crippen LogP contribution in [0.25, 0.3) is 0 Å². The van der Waals surface area contributed by atoms with E-state index in [1.54, 1.807) is 54.7 Å². The zero-order valence-corrected chi connectivity index (χ0v) is 21.6. The number of pyridine rings is 2. The van der Waals surface area contributed by atoms with Crippen LogP contribution in [0.15, 0.2) is 48.8 Å². The second-order valence-electron chi connectivity index (χ2n) is 8.82. The lowest BCUT2D eigenvalue weighted by molar-refractivity contribution is -0.127. The fourth-order valence-electron chi connectivity index (χ4n) is 4.66. The Bertz CT molecular complexity index is 1530. The number of ether oxygens (including phenoxy) is 1. The topological polar surface area (TPSA) is 145 Å². The summed E-state index contributed by atoms with van der Waals surface area (Å²) < 4.78 is 32.2. The van der Waals surface area contributed by atoms with Crippen molar-refractivity contribution < 1.29 is 28.0 Å². The summed E-state index contributed by atoms with van der Waals surface area (Å²) in [6.45, 7) is 2.22. The Labute approximate surface area is 219 Å². The van der Waals surface area contributed by atoms with Crippen molar-refractivity contribution in [2.24, 2.45) is 0 Å². The van der Waals surface area contributed by atoms with Gasteiger partial charge in [0, 0.05) is 38.0 Å². The van der Waals surface area contributed by atoms with Gasteiger partial charge in [0.1, 0.15) is 23.9 Å². The van der Waals surface area contributed by atoms with Crippen LogP contribution in [-0.2, 0) is 27.0 Å². The molecule has 0 aliphatic carbocycles. The first-order valence-electron chi connectivity index (χ1n) is 11.9. The summed E-state index contributed by atoms with van der Waals surface area (Å²) in [6.07, 6.45) is 3.80. The van der Waals surface area contributed by atoms with Crippen LogP contribution in [0, 0.1) is 0 Å². The van der Waals surface area contributed by atoms with Gasteiger partial charge in [0.05, 0.1) is 23.5 Å². The Balaban J connectivity index is 1.36. The number of carbonyl (C=O) groups excluding carboxylic acids is 2. The molecule has 3 aromatic rings. The van der Waals surface area contributed by atoms with Crippen molar-refractivity contribution in [3.63, 3.8) is 0 Å². The van der Waals surface area contributed by atoms with E-state index in [4.69, 9.17) is 9.94 Å². The molecule has 0 spiro atoms. The Hall–Kier alpha value is -4.23. The molecule has 0 fully saturated rings. The van der Waals surface area contributed by atoms with Gasteiger partial charge in [-0.2, -0.15) is 0 Å². The number of sulfonamides is 1. The summed E-state index contributed by atoms with van der Waals surface area (Å²) in [4.78, 5) is 37.5. The van der Waals surface area contributed by atoms with Gasteiger partial charge in [-0.15, -0.1) is 0 Å². The summed E-state index contributed by atoms with van der Waals surface area (Å²) in [7, 11) is -2.08. The van der Waals surface area contributed by atoms with Gasteiger partial charge in [0.2, 0.25) is 10.0 Å². The first-order chi connectivity index (χ1) is 18.2. The van der Waals surface area contributed by atoms with Crippen LogP contribution in [0.3, 0.4) is 0 Å². The molecule has 2 aliphatic rings. The maximum Gasteiger partial charge on any atom is 0.264 e. The maximum absolute atomic E-state index is 13.3. The first kappa shape index (κ1) is 25.4. The number of rotatable bonds is 7. The molecule has 0 saturated heterocycles. The van der Waals surface area contributed by atoms with E-state index in [0.717, 1.165) is 9.87 Å². The third kappa shape index (κ3) is 4.39. The standard InChI is InChI=1S/C25H26N6O6S/c1-3-30-23-17(25(33)29(2)20-7-5-10-26-24(20)30)12-16(13-27-23)9-11-37-21-8-4-6-19-18(21)15-38(35,36)31(19)14-22(32)28-34/h4-8,10,12-13,34H,3,9,11,14-15H2,1-2H3,(H,28,32). The van der Waals surface area contributed by atoms with Crippen LogP contribution in [0.5, 0.6) is 5.75 Å². The number of hydrogen-bond acceptors (Lipinski definition) is 9. The summed E-state index contributed by atoms with van der Waals surface area (Å²) in [5.74, 6) is 0.217. The number of carbonyl (C=O) groups is 2. The zero-order valence-electron chi connectivity index (χ0n) is 20.8. The van der Waals surface area contributed by atoms with Gasteiger partial charge in [-0.3, -0.25) is 19.1 Å². The van der Waals surface area contributed by atoms with E-state index in [9.17, 15) is 18.0 Å². The number of amides is 2. The van der Waals surface area contributed by atoms with E-state index in [-0.39, 0.29) is 18.3 Å². The fourth-order valence-corrected chi connectivity index (χ4v) is 6.26. The minimum atomic E-state index is -3.79. The average Bonchev–Trinajstić information content (AvgIpc) is 3.14. The molecule has 1 aromatic carbocycles. The van der Waals surface area contributed by atoms with Crippen molar-refractivity contribution >= 4 is 44.8 Å². The summed E-state index contributed by atoms with van der Waals surface area (Å²) in [6, 6.07) is 10.3. The normalized spacial score (nSPS) is 15.4. The molecule has 0 bridgehead atoms. The average molecular weight is 539 g/mol. The van der Waals surface area contributed by atoms with Crippen molar-refractivity contribution in [3.05, 3.63) is 65.5 Å². The number of anilines is 4. The molecule has 38 heavy (non-hydrogen) atoms. The van der Waals surface area contributed by atoms with Crippen molar-refractivity contribution in [1.82, 2.24) is 15.4 Å². The van der Waals surface area contributed by atoms with E-state index in [1.165, 1.54) is 5.48 Å². The van der Waals surface area contributed by atoms with Crippen molar-refractivity contribution in [3.8, 4) is 5.75 Å². The molecule has 2 aromatic heterocycles. The maximum atomic E-state index is 13.3. The summed E-state index contributed by atoms with van der Waals surface area (Å²) in [5, 5.41) is 8.81. The predicted octanol–water partition coefficient (Wildman–Crippen LogP) is 2.00. The zero-order chi connectivity index (χ0) is 27.0. The van der Waals surface area contributed by atoms with Crippen LogP contribution in [0.1, 0.15) is 28.4 Å². The van der Waals surface area contributed by atoms with E-state index >= 15 is 0 Å². The molecule has 2 aliphatic heterocycles. The number of nitrogens with one attached hydrogen (secondary N) is 1. The second-order valence-corrected chi connectivity index (χ2v) is 10.7. The highest BCUT2D eigenvalue weighted by Gasteiger charge is 2.36. The molecule has 0 saturated carbocycles. The minimum absolute atomic E-state index is 0.196. The van der Waals surface area contributed by atoms with Crippen molar-refractivity contribution in [2.75, 3.05) is 40.8 Å². The van der Waals surface area contributed by atoms with E-state index < -0.39 is 22.5 Å². The fraction of sp³-hybridized carbons (Fsp3) is 0.280. The molecule has 5 rings (SSSR count). The Morgan fingerprint density at radius 2 is 1.95 bits per heavy atom. The quantitative estimate of drug-likeness (QED) is 0.341. The molecule has 12 nitrogen and oxygen atoms in total. The van der Waals surface area contributed by atoms with Crippen LogP contribution >= 0.6 is 0 Å². The summed E-state index contributed by atoms with van der Waals surface area (Å²) >= 11 is 0. The highest BCUT2D eigenvalue weighted by atomic mass is 32.2. The van der Waals surface area contributed by atoms with Gasteiger partial charge in [-0.25, -0.2) is 23.9 Å². The predicted molar refractivity (Wildman–Crippen MR) is 139 cm³/mol. The number of hydrogen-bond donors (Lipinski definition) is 2. The number of fused-ring (bicyclic) bond motifs is 3. The molecule has 0 unspecified atom stereocenters. The highest BCUT2D eigenvalue weighted by molar-refractivity contribution is 7.92. The van der Waals surface area contributed by atoms with Gasteiger partial charge in [0.25, 0.3) is 11.8 Å². The second kappa shape index (κ2) is 9.91. The van der Waals surface area contributed by atoms with Crippen molar-refractivity contribution in [2.45, 2.75) is 19.1 Å². The molecule has 2 N–H and O–H groups in total. The van der Waals surface area contributed by atoms with Crippen LogP contribution in [0.4, 0.5) is 23.0 Å². The van der Waals surface area contributed by atoms with Crippen molar-refractivity contribution in [1.29, 1.82) is 0 Å². The lowest BCUT2D eigenvalue weighted by atomic mass is 10.1. The molecule has 2 amide bonds. The highest BCUT2D eigenvalue weighted by Crippen LogP contribution is 2.40. The van der Waals surface area contributed by atoms with Gasteiger partial charge >= 0.3 is 0 Å². The van der Waals surface area contributed by atoms with Crippen LogP contribution < -0.4 is 24.3 Å². The van der Waals surface area contributed by atoms with Gasteiger partial charge in [0.15, 0.2) is 5.82 Å². The number of benzene rings is 1. The number of aromatic nitrogens is 2. The molecular formula is C25H26N6O6S. The van der Waals surface area contributed by atoms with Gasteiger partial charge in [-0.1, -0.05) is 6.07 Å². The van der Waals surface area contributed by atoms with Gasteiger partial charge in [-0.05, 0) is 42.8 Å². The minimum Gasteiger partial charge on any atom is -0.493 e. The van der Waals surface area contributed by atoms with Crippen LogP contribution in [-0.4, -0.2) is 62.2 Å². The van der Waals surface area contributed by atoms with E-state index in [1.807, 2.05) is 17.9 Å². The molecule has 0 atom stereocenters. The lowest BCUT2D eigenvalue weighted by Gasteiger charge is -2.22. The Morgan fingerprint density at radius 3 is 2.71 bits per heavy atom. The SMILES string of the molecule is CCN1c2ncc(CCOc3cccc4c3CS(=O)(=O)N4CC(=O)NO)cc2C(=O)N(C)c2cccnc21. The van der Waals surface area contributed by atoms with Crippen LogP contribution in [0.2, 0.25) is 0 Å².